The average molecular weight is 193 g/mol. The fourth-order valence-corrected chi connectivity index (χ4v) is 1.34. The fraction of sp³-hybridized carbons (Fsp3) is 0.667. The number of quaternary nitrogens is 1. The predicted molar refractivity (Wildman–Crippen MR) is 42.9 cm³/mol. The monoisotopic (exact) mass is 193 g/mol. The van der Waals surface area contributed by atoms with Crippen LogP contribution in [0.4, 0.5) is 4.79 Å². The van der Waals surface area contributed by atoms with E-state index in [1.165, 1.54) is 0 Å². The topological polar surface area (TPSA) is 77.4 Å². The van der Waals surface area contributed by atoms with Crippen LogP contribution in [0.1, 0.15) is 0 Å². The number of carboxylic acid groups (broad SMARTS) is 1. The Labute approximate surface area is 72.0 Å². The van der Waals surface area contributed by atoms with Crippen LogP contribution < -0.4 is 4.89 Å². The first-order chi connectivity index (χ1) is 5.24. The molecule has 0 fully saturated rings. The van der Waals surface area contributed by atoms with Gasteiger partial charge in [-0.2, -0.15) is 0 Å². The van der Waals surface area contributed by atoms with Gasteiger partial charge in [0.15, 0.2) is 0 Å². The van der Waals surface area contributed by atoms with Crippen LogP contribution in [0, 0.1) is 0 Å². The number of hydrogen-bond donors (Lipinski definition) is 1. The van der Waals surface area contributed by atoms with Crippen molar-refractivity contribution in [3.05, 3.63) is 0 Å². The van der Waals surface area contributed by atoms with Crippen molar-refractivity contribution in [1.82, 2.24) is 0 Å². The SMILES string of the molecule is C[N+](C)(C)CC(=O)P([O-])C(=O)O. The Kier molecular flexibility index (Phi) is 3.77. The summed E-state index contributed by atoms with van der Waals surface area (Å²) in [5.74, 6) is 0. The van der Waals surface area contributed by atoms with E-state index in [9.17, 15) is 14.5 Å². The van der Waals surface area contributed by atoms with Gasteiger partial charge in [0.2, 0.25) is 5.52 Å². The van der Waals surface area contributed by atoms with Gasteiger partial charge in [-0.1, -0.05) is 0 Å². The van der Waals surface area contributed by atoms with Gasteiger partial charge in [-0.15, -0.1) is 0 Å². The van der Waals surface area contributed by atoms with Crippen LogP contribution >= 0.6 is 8.15 Å². The summed E-state index contributed by atoms with van der Waals surface area (Å²) in [6, 6.07) is 0. The van der Waals surface area contributed by atoms with E-state index in [0.717, 1.165) is 0 Å². The second-order valence-electron chi connectivity index (χ2n) is 3.42. The number of likely N-dealkylation sites (N-methyl/N-ethyl adjacent to an activating group) is 1. The molecule has 1 N–H and O–H groups in total. The van der Waals surface area contributed by atoms with E-state index in [1.54, 1.807) is 21.1 Å². The second-order valence-corrected chi connectivity index (χ2v) is 4.89. The highest BCUT2D eigenvalue weighted by atomic mass is 31.1. The lowest BCUT2D eigenvalue weighted by atomic mass is 10.5. The largest absolute Gasteiger partial charge is 0.815 e. The maximum Gasteiger partial charge on any atom is 0.315 e. The fourth-order valence-electron chi connectivity index (χ4n) is 0.577. The van der Waals surface area contributed by atoms with Crippen molar-refractivity contribution in [3.8, 4) is 0 Å². The highest BCUT2D eigenvalue weighted by Crippen LogP contribution is 2.26. The number of carbonyl (C=O) groups excluding carboxylic acids is 1. The predicted octanol–water partition coefficient (Wildman–Crippen LogP) is -0.346. The number of hydrogen-bond acceptors (Lipinski definition) is 3. The summed E-state index contributed by atoms with van der Waals surface area (Å²) in [6.07, 6.45) is 0. The number of rotatable bonds is 4. The molecular weight excluding hydrogens is 181 g/mol. The molecule has 0 aliphatic rings. The van der Waals surface area contributed by atoms with Crippen molar-refractivity contribution in [1.29, 1.82) is 0 Å². The van der Waals surface area contributed by atoms with Crippen LogP contribution in [0.5, 0.6) is 0 Å². The van der Waals surface area contributed by atoms with Gasteiger partial charge in [0.05, 0.1) is 21.1 Å². The molecule has 6 heteroatoms. The van der Waals surface area contributed by atoms with E-state index in [4.69, 9.17) is 5.11 Å². The molecule has 0 bridgehead atoms. The molecule has 0 radical (unpaired) electrons. The number of carbonyl (C=O) groups is 2. The van der Waals surface area contributed by atoms with E-state index in [2.05, 4.69) is 0 Å². The summed E-state index contributed by atoms with van der Waals surface area (Å²) in [5, 5.41) is 8.24. The Balaban J connectivity index is 4.15. The lowest BCUT2D eigenvalue weighted by Gasteiger charge is -2.25. The molecule has 1 unspecified atom stereocenters. The molecule has 0 rings (SSSR count). The summed E-state index contributed by atoms with van der Waals surface area (Å²) in [7, 11) is 2.42. The zero-order valence-corrected chi connectivity index (χ0v) is 8.17. The Morgan fingerprint density at radius 2 is 1.83 bits per heavy atom. The first-order valence-electron chi connectivity index (χ1n) is 3.27. The molecular formula is C6H12NO4P. The van der Waals surface area contributed by atoms with Gasteiger partial charge in [0, 0.05) is 0 Å². The molecule has 1 atom stereocenters. The molecule has 0 saturated carbocycles. The smallest absolute Gasteiger partial charge is 0.315 e. The third-order valence-corrected chi connectivity index (χ3v) is 1.95. The highest BCUT2D eigenvalue weighted by Gasteiger charge is 2.20. The molecule has 12 heavy (non-hydrogen) atoms. The summed E-state index contributed by atoms with van der Waals surface area (Å²) < 4.78 is 0.285. The van der Waals surface area contributed by atoms with Crippen LogP contribution in [0.3, 0.4) is 0 Å². The van der Waals surface area contributed by atoms with Gasteiger partial charge in [0.1, 0.15) is 6.54 Å². The van der Waals surface area contributed by atoms with Crippen molar-refractivity contribution >= 4 is 19.4 Å². The Morgan fingerprint density at radius 3 is 2.08 bits per heavy atom. The third kappa shape index (κ3) is 4.38. The molecule has 0 aromatic rings. The molecule has 0 aliphatic heterocycles. The highest BCUT2D eigenvalue weighted by molar-refractivity contribution is 7.82. The van der Waals surface area contributed by atoms with Gasteiger partial charge in [-0.05, 0) is 8.15 Å². The van der Waals surface area contributed by atoms with Crippen LogP contribution in [0.2, 0.25) is 0 Å². The van der Waals surface area contributed by atoms with Gasteiger partial charge in [-0.3, -0.25) is 4.79 Å². The van der Waals surface area contributed by atoms with Gasteiger partial charge >= 0.3 is 5.71 Å². The summed E-state index contributed by atoms with van der Waals surface area (Å²) in [4.78, 5) is 31.7. The molecule has 0 aromatic heterocycles. The van der Waals surface area contributed by atoms with Crippen molar-refractivity contribution in [2.24, 2.45) is 0 Å². The van der Waals surface area contributed by atoms with Crippen LogP contribution in [0.15, 0.2) is 0 Å². The summed E-state index contributed by atoms with van der Waals surface area (Å²) in [6.45, 7) is -0.0263. The van der Waals surface area contributed by atoms with Crippen molar-refractivity contribution < 1.29 is 24.1 Å². The lowest BCUT2D eigenvalue weighted by Crippen LogP contribution is -2.40. The van der Waals surface area contributed by atoms with Gasteiger partial charge in [0.25, 0.3) is 0 Å². The van der Waals surface area contributed by atoms with E-state index >= 15 is 0 Å². The molecule has 70 valence electrons. The summed E-state index contributed by atoms with van der Waals surface area (Å²) >= 11 is 0. The third-order valence-electron chi connectivity index (χ3n) is 1.01. The summed E-state index contributed by atoms with van der Waals surface area (Å²) in [5.41, 5.74) is -2.26. The molecule has 0 heterocycles. The van der Waals surface area contributed by atoms with Crippen molar-refractivity contribution in [2.75, 3.05) is 27.7 Å². The van der Waals surface area contributed by atoms with E-state index in [-0.39, 0.29) is 11.0 Å². The lowest BCUT2D eigenvalue weighted by molar-refractivity contribution is -0.861. The van der Waals surface area contributed by atoms with E-state index in [1.807, 2.05) is 0 Å². The normalized spacial score (nSPS) is 14.0. The first kappa shape index (κ1) is 11.5. The van der Waals surface area contributed by atoms with E-state index < -0.39 is 19.4 Å². The molecule has 0 spiro atoms. The Hall–Kier alpha value is -0.510. The van der Waals surface area contributed by atoms with Crippen LogP contribution in [-0.2, 0) is 4.79 Å². The minimum atomic E-state index is -2.75. The molecule has 0 aliphatic carbocycles. The Bertz CT molecular complexity index is 198. The maximum absolute atomic E-state index is 10.9. The number of nitrogens with zero attached hydrogens (tertiary/aromatic N) is 1. The van der Waals surface area contributed by atoms with Crippen LogP contribution in [-0.4, -0.2) is 48.5 Å². The van der Waals surface area contributed by atoms with Gasteiger partial charge in [-0.25, -0.2) is 4.79 Å². The van der Waals surface area contributed by atoms with E-state index in [0.29, 0.717) is 0 Å². The zero-order valence-electron chi connectivity index (χ0n) is 7.27. The molecule has 0 saturated heterocycles. The maximum atomic E-state index is 10.9. The minimum Gasteiger partial charge on any atom is -0.815 e. The van der Waals surface area contributed by atoms with Crippen molar-refractivity contribution in [2.45, 2.75) is 0 Å². The van der Waals surface area contributed by atoms with Crippen molar-refractivity contribution in [3.63, 3.8) is 0 Å². The molecule has 5 nitrogen and oxygen atoms in total. The zero-order chi connectivity index (χ0) is 9.94. The molecule has 0 aromatic carbocycles. The minimum absolute atomic E-state index is 0.0263. The average Bonchev–Trinajstić information content (AvgIpc) is 1.82. The van der Waals surface area contributed by atoms with Gasteiger partial charge < -0.3 is 14.5 Å². The van der Waals surface area contributed by atoms with Crippen LogP contribution in [0.25, 0.3) is 0 Å². The first-order valence-corrected chi connectivity index (χ1v) is 4.53. The Morgan fingerprint density at radius 1 is 1.42 bits per heavy atom. The quantitative estimate of drug-likeness (QED) is 0.489. The second kappa shape index (κ2) is 3.94. The molecule has 0 amide bonds. The standard InChI is InChI=1S/C6H12NO4P/c1-7(2,3)4-5(8)12(11)6(9)10/h4H2,1-3H3,(H,9,10).